The molecule has 6 nitrogen and oxygen atoms in total. The van der Waals surface area contributed by atoms with E-state index in [1.807, 2.05) is 0 Å². The van der Waals surface area contributed by atoms with Gasteiger partial charge in [0.25, 0.3) is 0 Å². The van der Waals surface area contributed by atoms with E-state index >= 15 is 0 Å². The Morgan fingerprint density at radius 1 is 1.22 bits per heavy atom. The number of esters is 1. The van der Waals surface area contributed by atoms with Gasteiger partial charge < -0.3 is 14.4 Å². The number of carbonyl (C=O) groups excluding carboxylic acids is 1. The Labute approximate surface area is 130 Å². The molecule has 1 aromatic carbocycles. The molecule has 0 bridgehead atoms. The number of nitrogens with zero attached hydrogens (tertiary/aromatic N) is 3. The van der Waals surface area contributed by atoms with E-state index in [4.69, 9.17) is 4.74 Å². The zero-order valence-corrected chi connectivity index (χ0v) is 12.2. The minimum Gasteiger partial charge on any atom is -0.487 e. The van der Waals surface area contributed by atoms with Gasteiger partial charge in [0.05, 0.1) is 20.2 Å². The fourth-order valence-electron chi connectivity index (χ4n) is 2.23. The summed E-state index contributed by atoms with van der Waals surface area (Å²) in [6.45, 7) is 0.892. The summed E-state index contributed by atoms with van der Waals surface area (Å²) in [7, 11) is 1.27. The number of hydrogen-bond donors (Lipinski definition) is 0. The summed E-state index contributed by atoms with van der Waals surface area (Å²) in [5.74, 6) is -1.79. The average molecular weight is 321 g/mol. The first-order valence-electron chi connectivity index (χ1n) is 6.84. The number of carbonyl (C=O) groups is 1. The summed E-state index contributed by atoms with van der Waals surface area (Å²) in [6.07, 6.45) is 2.67. The average Bonchev–Trinajstić information content (AvgIpc) is 2.53. The molecule has 1 saturated heterocycles. The predicted molar refractivity (Wildman–Crippen MR) is 76.4 cm³/mol. The molecule has 23 heavy (non-hydrogen) atoms. The lowest BCUT2D eigenvalue weighted by atomic mass is 10.1. The van der Waals surface area contributed by atoms with E-state index in [9.17, 15) is 13.6 Å². The van der Waals surface area contributed by atoms with Crippen LogP contribution in [-0.4, -0.2) is 42.2 Å². The van der Waals surface area contributed by atoms with Crippen molar-refractivity contribution in [2.45, 2.75) is 6.10 Å². The van der Waals surface area contributed by atoms with Gasteiger partial charge in [0.15, 0.2) is 23.1 Å². The number of ether oxygens (including phenoxy) is 2. The summed E-state index contributed by atoms with van der Waals surface area (Å²) in [4.78, 5) is 21.6. The van der Waals surface area contributed by atoms with E-state index in [-0.39, 0.29) is 17.5 Å². The highest BCUT2D eigenvalue weighted by Gasteiger charge is 2.33. The van der Waals surface area contributed by atoms with Crippen molar-refractivity contribution in [3.8, 4) is 5.75 Å². The Balaban J connectivity index is 1.65. The van der Waals surface area contributed by atoms with E-state index in [1.165, 1.54) is 25.6 Å². The molecule has 0 N–H and O–H groups in total. The summed E-state index contributed by atoms with van der Waals surface area (Å²) in [5.41, 5.74) is 0.126. The fraction of sp³-hybridized carbons (Fsp3) is 0.267. The van der Waals surface area contributed by atoms with Crippen molar-refractivity contribution in [1.29, 1.82) is 0 Å². The molecule has 2 heterocycles. The van der Waals surface area contributed by atoms with Crippen LogP contribution in [0.3, 0.4) is 0 Å². The lowest BCUT2D eigenvalue weighted by molar-refractivity contribution is 0.0593. The van der Waals surface area contributed by atoms with Gasteiger partial charge in [-0.1, -0.05) is 0 Å². The standard InChI is InChI=1S/C15H13F2N3O3/c1-22-15(21)13-14(19-5-4-18-13)20-7-10(8-20)23-9-2-3-11(16)12(17)6-9/h2-6,10H,7-8H2,1H3. The van der Waals surface area contributed by atoms with Gasteiger partial charge in [-0.15, -0.1) is 0 Å². The largest absolute Gasteiger partial charge is 0.487 e. The third kappa shape index (κ3) is 3.05. The van der Waals surface area contributed by atoms with Crippen molar-refractivity contribution in [3.05, 3.63) is 47.9 Å². The lowest BCUT2D eigenvalue weighted by Gasteiger charge is -2.40. The van der Waals surface area contributed by atoms with Crippen LogP contribution in [0.2, 0.25) is 0 Å². The smallest absolute Gasteiger partial charge is 0.360 e. The van der Waals surface area contributed by atoms with Gasteiger partial charge >= 0.3 is 5.97 Å². The number of methoxy groups -OCH3 is 1. The van der Waals surface area contributed by atoms with Crippen LogP contribution in [0.4, 0.5) is 14.6 Å². The molecule has 0 spiro atoms. The second kappa shape index (κ2) is 6.15. The number of anilines is 1. The first kappa shape index (κ1) is 15.1. The highest BCUT2D eigenvalue weighted by molar-refractivity contribution is 5.92. The Morgan fingerprint density at radius 3 is 2.65 bits per heavy atom. The Bertz CT molecular complexity index is 736. The van der Waals surface area contributed by atoms with Gasteiger partial charge in [-0.25, -0.2) is 23.5 Å². The minimum atomic E-state index is -0.958. The van der Waals surface area contributed by atoms with Crippen LogP contribution < -0.4 is 9.64 Å². The maximum atomic E-state index is 13.1. The van der Waals surface area contributed by atoms with Crippen molar-refractivity contribution < 1.29 is 23.0 Å². The molecule has 0 unspecified atom stereocenters. The zero-order valence-electron chi connectivity index (χ0n) is 12.2. The molecule has 3 rings (SSSR count). The van der Waals surface area contributed by atoms with Gasteiger partial charge in [0, 0.05) is 18.5 Å². The Hall–Kier alpha value is -2.77. The molecule has 1 aliphatic heterocycles. The number of aromatic nitrogens is 2. The van der Waals surface area contributed by atoms with Gasteiger partial charge in [0.2, 0.25) is 0 Å². The van der Waals surface area contributed by atoms with E-state index in [0.29, 0.717) is 18.9 Å². The second-order valence-electron chi connectivity index (χ2n) is 4.94. The monoisotopic (exact) mass is 321 g/mol. The first-order valence-corrected chi connectivity index (χ1v) is 6.84. The molecule has 0 radical (unpaired) electrons. The van der Waals surface area contributed by atoms with E-state index in [2.05, 4.69) is 14.7 Å². The van der Waals surface area contributed by atoms with E-state index in [0.717, 1.165) is 12.1 Å². The Morgan fingerprint density at radius 2 is 1.96 bits per heavy atom. The van der Waals surface area contributed by atoms with Crippen LogP contribution in [0, 0.1) is 11.6 Å². The minimum absolute atomic E-state index is 0.126. The molecule has 1 aromatic heterocycles. The van der Waals surface area contributed by atoms with Crippen molar-refractivity contribution in [2.75, 3.05) is 25.1 Å². The highest BCUT2D eigenvalue weighted by Crippen LogP contribution is 2.25. The summed E-state index contributed by atoms with van der Waals surface area (Å²) < 4.78 is 36.2. The Kier molecular flexibility index (Phi) is 4.05. The maximum absolute atomic E-state index is 13.1. The molecule has 0 atom stereocenters. The molecule has 1 aliphatic rings. The molecule has 0 aliphatic carbocycles. The quantitative estimate of drug-likeness (QED) is 0.800. The number of hydrogen-bond acceptors (Lipinski definition) is 6. The molecule has 8 heteroatoms. The van der Waals surface area contributed by atoms with Crippen LogP contribution in [0.15, 0.2) is 30.6 Å². The summed E-state index contributed by atoms with van der Waals surface area (Å²) in [6, 6.07) is 3.38. The number of benzene rings is 1. The number of halogens is 2. The topological polar surface area (TPSA) is 64.5 Å². The molecular formula is C15H13F2N3O3. The van der Waals surface area contributed by atoms with E-state index in [1.54, 1.807) is 4.90 Å². The summed E-state index contributed by atoms with van der Waals surface area (Å²) in [5, 5.41) is 0. The zero-order chi connectivity index (χ0) is 16.4. The first-order chi connectivity index (χ1) is 11.1. The van der Waals surface area contributed by atoms with Gasteiger partial charge in [-0.05, 0) is 12.1 Å². The fourth-order valence-corrected chi connectivity index (χ4v) is 2.23. The highest BCUT2D eigenvalue weighted by atomic mass is 19.2. The predicted octanol–water partition coefficient (Wildman–Crippen LogP) is 1.81. The lowest BCUT2D eigenvalue weighted by Crippen LogP contribution is -2.54. The molecule has 2 aromatic rings. The molecule has 0 saturated carbocycles. The molecule has 120 valence electrons. The van der Waals surface area contributed by atoms with Gasteiger partial charge in [-0.2, -0.15) is 0 Å². The van der Waals surface area contributed by atoms with Crippen LogP contribution >= 0.6 is 0 Å². The van der Waals surface area contributed by atoms with Crippen molar-refractivity contribution in [1.82, 2.24) is 9.97 Å². The van der Waals surface area contributed by atoms with Crippen LogP contribution in [0.25, 0.3) is 0 Å². The molecular weight excluding hydrogens is 308 g/mol. The SMILES string of the molecule is COC(=O)c1nccnc1N1CC(Oc2ccc(F)c(F)c2)C1. The second-order valence-corrected chi connectivity index (χ2v) is 4.94. The van der Waals surface area contributed by atoms with Crippen LogP contribution in [0.5, 0.6) is 5.75 Å². The van der Waals surface area contributed by atoms with Crippen LogP contribution in [-0.2, 0) is 4.74 Å². The van der Waals surface area contributed by atoms with E-state index < -0.39 is 17.6 Å². The third-order valence-electron chi connectivity index (χ3n) is 3.40. The van der Waals surface area contributed by atoms with Crippen molar-refractivity contribution >= 4 is 11.8 Å². The van der Waals surface area contributed by atoms with Crippen molar-refractivity contribution in [2.24, 2.45) is 0 Å². The van der Waals surface area contributed by atoms with Gasteiger partial charge in [0.1, 0.15) is 11.9 Å². The summed E-state index contributed by atoms with van der Waals surface area (Å²) >= 11 is 0. The van der Waals surface area contributed by atoms with Gasteiger partial charge in [-0.3, -0.25) is 0 Å². The van der Waals surface area contributed by atoms with Crippen molar-refractivity contribution in [3.63, 3.8) is 0 Å². The molecule has 0 amide bonds. The number of rotatable bonds is 4. The maximum Gasteiger partial charge on any atom is 0.360 e. The molecule has 1 fully saturated rings. The normalized spacial score (nSPS) is 14.3. The van der Waals surface area contributed by atoms with Crippen LogP contribution in [0.1, 0.15) is 10.5 Å². The third-order valence-corrected chi connectivity index (χ3v) is 3.40.